The lowest BCUT2D eigenvalue weighted by atomic mass is 9.83. The van der Waals surface area contributed by atoms with Crippen molar-refractivity contribution in [1.29, 1.82) is 0 Å². The van der Waals surface area contributed by atoms with E-state index in [1.54, 1.807) is 0 Å². The Kier molecular flexibility index (Phi) is 7.18. The van der Waals surface area contributed by atoms with Crippen molar-refractivity contribution < 1.29 is 0 Å². The molecule has 0 amide bonds. The average molecular weight is 445 g/mol. The first-order valence-electron chi connectivity index (χ1n) is 11.8. The van der Waals surface area contributed by atoms with Crippen molar-refractivity contribution in [2.24, 2.45) is 9.98 Å². The summed E-state index contributed by atoms with van der Waals surface area (Å²) < 4.78 is 0. The Morgan fingerprint density at radius 1 is 0.588 bits per heavy atom. The van der Waals surface area contributed by atoms with Crippen LogP contribution in [0.3, 0.4) is 0 Å². The van der Waals surface area contributed by atoms with Gasteiger partial charge in [-0.05, 0) is 68.5 Å². The Balaban J connectivity index is 1.83. The number of hydrogen-bond donors (Lipinski definition) is 0. The molecule has 4 aromatic carbocycles. The van der Waals surface area contributed by atoms with Crippen LogP contribution in [0.25, 0.3) is 0 Å². The van der Waals surface area contributed by atoms with Gasteiger partial charge < -0.3 is 0 Å². The van der Waals surface area contributed by atoms with Crippen molar-refractivity contribution in [2.45, 2.75) is 40.5 Å². The van der Waals surface area contributed by atoms with Crippen LogP contribution < -0.4 is 0 Å². The largest absolute Gasteiger partial charge is 0.252 e. The summed E-state index contributed by atoms with van der Waals surface area (Å²) in [6, 6.07) is 34.2. The Bertz CT molecular complexity index is 1270. The van der Waals surface area contributed by atoms with Gasteiger partial charge in [0.1, 0.15) is 0 Å². The van der Waals surface area contributed by atoms with Crippen LogP contribution in [0.5, 0.6) is 0 Å². The van der Waals surface area contributed by atoms with E-state index in [2.05, 4.69) is 125 Å². The van der Waals surface area contributed by atoms with E-state index in [-0.39, 0.29) is 5.92 Å². The van der Waals surface area contributed by atoms with Crippen LogP contribution in [0.4, 0.5) is 11.4 Å². The van der Waals surface area contributed by atoms with Crippen molar-refractivity contribution >= 4 is 22.8 Å². The zero-order chi connectivity index (χ0) is 24.1. The molecule has 34 heavy (non-hydrogen) atoms. The maximum absolute atomic E-state index is 5.11. The van der Waals surface area contributed by atoms with Gasteiger partial charge in [0, 0.05) is 5.92 Å². The van der Waals surface area contributed by atoms with E-state index in [1.807, 2.05) is 6.92 Å². The summed E-state index contributed by atoms with van der Waals surface area (Å²) in [5.74, 6) is 0.102. The van der Waals surface area contributed by atoms with Crippen LogP contribution >= 0.6 is 0 Å². The molecule has 0 heterocycles. The maximum atomic E-state index is 5.11. The zero-order valence-electron chi connectivity index (χ0n) is 20.7. The van der Waals surface area contributed by atoms with Crippen LogP contribution in [-0.4, -0.2) is 11.4 Å². The first kappa shape index (κ1) is 23.4. The quantitative estimate of drug-likeness (QED) is 0.210. The van der Waals surface area contributed by atoms with Gasteiger partial charge in [-0.1, -0.05) is 96.6 Å². The lowest BCUT2D eigenvalue weighted by Crippen LogP contribution is -2.07. The smallest absolute Gasteiger partial charge is 0.0691 e. The van der Waals surface area contributed by atoms with E-state index >= 15 is 0 Å². The molecule has 0 aliphatic rings. The van der Waals surface area contributed by atoms with Crippen molar-refractivity contribution in [1.82, 2.24) is 0 Å². The molecule has 0 aromatic heterocycles. The summed E-state index contributed by atoms with van der Waals surface area (Å²) in [5.41, 5.74) is 11.2. The Morgan fingerprint density at radius 3 is 1.68 bits per heavy atom. The third-order valence-electron chi connectivity index (χ3n) is 6.29. The van der Waals surface area contributed by atoms with E-state index < -0.39 is 0 Å². The van der Waals surface area contributed by atoms with Crippen LogP contribution in [0.1, 0.15) is 53.1 Å². The molecule has 170 valence electrons. The summed E-state index contributed by atoms with van der Waals surface area (Å²) in [6.07, 6.45) is 0. The van der Waals surface area contributed by atoms with E-state index in [0.717, 1.165) is 22.8 Å². The minimum Gasteiger partial charge on any atom is -0.252 e. The number of rotatable bonds is 6. The average Bonchev–Trinajstić information content (AvgIpc) is 2.84. The summed E-state index contributed by atoms with van der Waals surface area (Å²) in [7, 11) is 0. The lowest BCUT2D eigenvalue weighted by Gasteiger charge is -2.21. The second-order valence-electron chi connectivity index (χ2n) is 8.95. The summed E-state index contributed by atoms with van der Waals surface area (Å²) in [5, 5.41) is 0. The maximum Gasteiger partial charge on any atom is 0.0691 e. The first-order chi connectivity index (χ1) is 16.4. The molecule has 0 unspecified atom stereocenters. The number of para-hydroxylation sites is 1. The SMILES string of the molecule is CC(=Nc1ccc(C)cc1C(c1ccccc1)c1ccccc1)C(C)=Nc1c(C)cccc1C. The third-order valence-corrected chi connectivity index (χ3v) is 6.29. The van der Waals surface area contributed by atoms with Crippen LogP contribution in [0, 0.1) is 20.8 Å². The highest BCUT2D eigenvalue weighted by atomic mass is 14.8. The predicted molar refractivity (Wildman–Crippen MR) is 146 cm³/mol. The van der Waals surface area contributed by atoms with E-state index in [1.165, 1.54) is 33.4 Å². The van der Waals surface area contributed by atoms with Gasteiger partial charge in [-0.2, -0.15) is 0 Å². The highest BCUT2D eigenvalue weighted by Crippen LogP contribution is 2.38. The summed E-state index contributed by atoms with van der Waals surface area (Å²) in [6.45, 7) is 10.5. The molecule has 0 aliphatic heterocycles. The normalized spacial score (nSPS) is 12.3. The number of benzene rings is 4. The van der Waals surface area contributed by atoms with Gasteiger partial charge in [0.15, 0.2) is 0 Å². The highest BCUT2D eigenvalue weighted by molar-refractivity contribution is 6.41. The number of nitrogens with zero attached hydrogens (tertiary/aromatic N) is 2. The Morgan fingerprint density at radius 2 is 1.12 bits per heavy atom. The fourth-order valence-electron chi connectivity index (χ4n) is 4.34. The molecule has 0 radical (unpaired) electrons. The molecule has 2 heteroatoms. The second kappa shape index (κ2) is 10.4. The minimum atomic E-state index is 0.102. The zero-order valence-corrected chi connectivity index (χ0v) is 20.7. The van der Waals surface area contributed by atoms with E-state index in [9.17, 15) is 0 Å². The van der Waals surface area contributed by atoms with Crippen molar-refractivity contribution in [3.05, 3.63) is 130 Å². The Hall–Kier alpha value is -3.78. The number of aliphatic imine (C=N–C) groups is 2. The van der Waals surface area contributed by atoms with Gasteiger partial charge in [-0.15, -0.1) is 0 Å². The standard InChI is InChI=1S/C32H32N2/c1-22-19-20-30(33-25(4)26(5)34-32-23(2)13-12-14-24(32)3)29(21-22)31(27-15-8-6-9-16-27)28-17-10-7-11-18-28/h6-21,31H,1-5H3. The van der Waals surface area contributed by atoms with Gasteiger partial charge in [0.25, 0.3) is 0 Å². The first-order valence-corrected chi connectivity index (χ1v) is 11.8. The predicted octanol–water partition coefficient (Wildman–Crippen LogP) is 8.68. The van der Waals surface area contributed by atoms with Crippen LogP contribution in [0.2, 0.25) is 0 Å². The molecular weight excluding hydrogens is 412 g/mol. The lowest BCUT2D eigenvalue weighted by molar-refractivity contribution is 0.973. The molecule has 4 rings (SSSR count). The van der Waals surface area contributed by atoms with E-state index in [0.29, 0.717) is 0 Å². The topological polar surface area (TPSA) is 24.7 Å². The van der Waals surface area contributed by atoms with Crippen molar-refractivity contribution in [3.8, 4) is 0 Å². The minimum absolute atomic E-state index is 0.102. The molecule has 0 N–H and O–H groups in total. The molecule has 0 saturated carbocycles. The van der Waals surface area contributed by atoms with Crippen molar-refractivity contribution in [3.63, 3.8) is 0 Å². The molecule has 0 aliphatic carbocycles. The molecular formula is C32H32N2. The molecule has 0 atom stereocenters. The van der Waals surface area contributed by atoms with Gasteiger partial charge >= 0.3 is 0 Å². The molecule has 4 aromatic rings. The van der Waals surface area contributed by atoms with Gasteiger partial charge in [0.2, 0.25) is 0 Å². The molecule has 0 bridgehead atoms. The van der Waals surface area contributed by atoms with Gasteiger partial charge in [-0.3, -0.25) is 9.98 Å². The monoisotopic (exact) mass is 444 g/mol. The molecule has 0 saturated heterocycles. The molecule has 2 nitrogen and oxygen atoms in total. The fourth-order valence-corrected chi connectivity index (χ4v) is 4.34. The summed E-state index contributed by atoms with van der Waals surface area (Å²) in [4.78, 5) is 10.1. The van der Waals surface area contributed by atoms with Gasteiger partial charge in [0.05, 0.1) is 22.8 Å². The number of hydrogen-bond acceptors (Lipinski definition) is 2. The fraction of sp³-hybridized carbons (Fsp3) is 0.188. The molecule has 0 fully saturated rings. The van der Waals surface area contributed by atoms with Crippen LogP contribution in [0.15, 0.2) is 107 Å². The van der Waals surface area contributed by atoms with E-state index in [4.69, 9.17) is 9.98 Å². The second-order valence-corrected chi connectivity index (χ2v) is 8.95. The van der Waals surface area contributed by atoms with Gasteiger partial charge in [-0.25, -0.2) is 0 Å². The molecule has 0 spiro atoms. The third kappa shape index (κ3) is 5.23. The highest BCUT2D eigenvalue weighted by Gasteiger charge is 2.20. The van der Waals surface area contributed by atoms with Crippen molar-refractivity contribution in [2.75, 3.05) is 0 Å². The number of aryl methyl sites for hydroxylation is 3. The van der Waals surface area contributed by atoms with Crippen LogP contribution in [-0.2, 0) is 0 Å². The Labute approximate surface area is 203 Å². The summed E-state index contributed by atoms with van der Waals surface area (Å²) >= 11 is 0.